The molecule has 1 aromatic heterocycles. The molecule has 2 atom stereocenters. The van der Waals surface area contributed by atoms with Crippen LogP contribution < -0.4 is 5.73 Å². The molecule has 17 heavy (non-hydrogen) atoms. The average molecular weight is 317 g/mol. The number of thiophene rings is 1. The first-order valence-corrected chi connectivity index (χ1v) is 7.97. The van der Waals surface area contributed by atoms with Crippen LogP contribution in [0.2, 0.25) is 0 Å². The molecule has 96 valence electrons. The summed E-state index contributed by atoms with van der Waals surface area (Å²) in [6.07, 6.45) is 3.67. The fraction of sp³-hybridized carbons (Fsp3) is 0.692. The van der Waals surface area contributed by atoms with Crippen molar-refractivity contribution >= 4 is 27.3 Å². The Labute approximate surface area is 116 Å². The van der Waals surface area contributed by atoms with Gasteiger partial charge in [-0.3, -0.25) is 4.90 Å². The van der Waals surface area contributed by atoms with Crippen molar-refractivity contribution in [3.8, 4) is 0 Å². The molecule has 0 bridgehead atoms. The Hall–Kier alpha value is 0.1000. The molecular weight excluding hydrogens is 296 g/mol. The zero-order valence-electron chi connectivity index (χ0n) is 10.5. The minimum Gasteiger partial charge on any atom is -0.326 e. The molecule has 1 aliphatic rings. The van der Waals surface area contributed by atoms with E-state index >= 15 is 0 Å². The molecule has 0 saturated carbocycles. The van der Waals surface area contributed by atoms with Crippen molar-refractivity contribution in [2.24, 2.45) is 5.73 Å². The summed E-state index contributed by atoms with van der Waals surface area (Å²) in [6, 6.07) is 5.58. The number of rotatable bonds is 2. The predicted octanol–water partition coefficient (Wildman–Crippen LogP) is 3.77. The van der Waals surface area contributed by atoms with Crippen LogP contribution in [0.3, 0.4) is 0 Å². The SMILES string of the molecule is CC(C)N1CCCCC(N)C1c1ccc(Br)s1. The second-order valence-corrected chi connectivity index (χ2v) is 7.57. The molecule has 4 heteroatoms. The zero-order chi connectivity index (χ0) is 12.4. The van der Waals surface area contributed by atoms with E-state index in [1.807, 2.05) is 11.3 Å². The van der Waals surface area contributed by atoms with Gasteiger partial charge in [0.1, 0.15) is 0 Å². The van der Waals surface area contributed by atoms with Crippen LogP contribution in [-0.2, 0) is 0 Å². The molecule has 2 unspecified atom stereocenters. The van der Waals surface area contributed by atoms with Crippen LogP contribution in [0, 0.1) is 0 Å². The van der Waals surface area contributed by atoms with Gasteiger partial charge >= 0.3 is 0 Å². The molecule has 2 N–H and O–H groups in total. The van der Waals surface area contributed by atoms with E-state index in [-0.39, 0.29) is 6.04 Å². The summed E-state index contributed by atoms with van der Waals surface area (Å²) >= 11 is 5.38. The van der Waals surface area contributed by atoms with E-state index < -0.39 is 0 Å². The number of hydrogen-bond donors (Lipinski definition) is 1. The van der Waals surface area contributed by atoms with Crippen LogP contribution in [0.25, 0.3) is 0 Å². The summed E-state index contributed by atoms with van der Waals surface area (Å²) in [4.78, 5) is 3.97. The normalized spacial score (nSPS) is 27.4. The summed E-state index contributed by atoms with van der Waals surface area (Å²) in [5.74, 6) is 0. The second kappa shape index (κ2) is 5.83. The highest BCUT2D eigenvalue weighted by molar-refractivity contribution is 9.11. The minimum atomic E-state index is 0.269. The molecule has 1 fully saturated rings. The minimum absolute atomic E-state index is 0.269. The maximum absolute atomic E-state index is 6.40. The van der Waals surface area contributed by atoms with Crippen LogP contribution in [0.15, 0.2) is 15.9 Å². The number of hydrogen-bond acceptors (Lipinski definition) is 3. The van der Waals surface area contributed by atoms with E-state index in [0.29, 0.717) is 12.1 Å². The van der Waals surface area contributed by atoms with Crippen LogP contribution in [0.4, 0.5) is 0 Å². The molecular formula is C13H21BrN2S. The van der Waals surface area contributed by atoms with E-state index in [2.05, 4.69) is 46.8 Å². The van der Waals surface area contributed by atoms with Gasteiger partial charge in [-0.1, -0.05) is 6.42 Å². The van der Waals surface area contributed by atoms with E-state index in [0.717, 1.165) is 6.42 Å². The molecule has 1 aliphatic heterocycles. The van der Waals surface area contributed by atoms with Gasteiger partial charge in [-0.05, 0) is 61.3 Å². The Kier molecular flexibility index (Phi) is 4.64. The number of halogens is 1. The standard InChI is InChI=1S/C13H21BrN2S/c1-9(2)16-8-4-3-5-10(15)13(16)11-6-7-12(14)17-11/h6-7,9-10,13H,3-5,8,15H2,1-2H3. The third-order valence-electron chi connectivity index (χ3n) is 3.52. The van der Waals surface area contributed by atoms with Gasteiger partial charge in [0, 0.05) is 17.0 Å². The monoisotopic (exact) mass is 316 g/mol. The van der Waals surface area contributed by atoms with E-state index in [4.69, 9.17) is 5.73 Å². The number of likely N-dealkylation sites (tertiary alicyclic amines) is 1. The Morgan fingerprint density at radius 1 is 1.41 bits per heavy atom. The first-order chi connectivity index (χ1) is 8.09. The highest BCUT2D eigenvalue weighted by Crippen LogP contribution is 2.36. The van der Waals surface area contributed by atoms with Gasteiger partial charge in [-0.25, -0.2) is 0 Å². The Morgan fingerprint density at radius 2 is 2.18 bits per heavy atom. The average Bonchev–Trinajstić information content (AvgIpc) is 2.58. The van der Waals surface area contributed by atoms with E-state index in [9.17, 15) is 0 Å². The van der Waals surface area contributed by atoms with Crippen molar-refractivity contribution in [1.82, 2.24) is 4.90 Å². The van der Waals surface area contributed by atoms with E-state index in [1.165, 1.54) is 28.0 Å². The summed E-state index contributed by atoms with van der Waals surface area (Å²) in [5.41, 5.74) is 6.40. The van der Waals surface area contributed by atoms with Crippen molar-refractivity contribution in [3.63, 3.8) is 0 Å². The van der Waals surface area contributed by atoms with Crippen molar-refractivity contribution in [2.75, 3.05) is 6.54 Å². The van der Waals surface area contributed by atoms with Gasteiger partial charge in [-0.15, -0.1) is 11.3 Å². The number of nitrogens with two attached hydrogens (primary N) is 1. The first-order valence-electron chi connectivity index (χ1n) is 6.36. The van der Waals surface area contributed by atoms with Gasteiger partial charge in [0.05, 0.1) is 9.83 Å². The van der Waals surface area contributed by atoms with Crippen LogP contribution >= 0.6 is 27.3 Å². The Balaban J connectivity index is 2.29. The second-order valence-electron chi connectivity index (χ2n) is 5.08. The van der Waals surface area contributed by atoms with Gasteiger partial charge in [-0.2, -0.15) is 0 Å². The first kappa shape index (κ1) is 13.5. The quantitative estimate of drug-likeness (QED) is 0.899. The molecule has 1 saturated heterocycles. The summed E-state index contributed by atoms with van der Waals surface area (Å²) in [6.45, 7) is 5.72. The smallest absolute Gasteiger partial charge is 0.0702 e. The molecule has 2 heterocycles. The lowest BCUT2D eigenvalue weighted by atomic mass is 10.0. The highest BCUT2D eigenvalue weighted by Gasteiger charge is 2.31. The maximum Gasteiger partial charge on any atom is 0.0702 e. The lowest BCUT2D eigenvalue weighted by molar-refractivity contribution is 0.146. The maximum atomic E-state index is 6.40. The van der Waals surface area contributed by atoms with Gasteiger partial charge in [0.25, 0.3) is 0 Å². The lowest BCUT2D eigenvalue weighted by Crippen LogP contribution is -2.42. The molecule has 0 radical (unpaired) electrons. The topological polar surface area (TPSA) is 29.3 Å². The molecule has 0 amide bonds. The largest absolute Gasteiger partial charge is 0.326 e. The predicted molar refractivity (Wildman–Crippen MR) is 78.4 cm³/mol. The molecule has 2 nitrogen and oxygen atoms in total. The van der Waals surface area contributed by atoms with Crippen molar-refractivity contribution in [3.05, 3.63) is 20.8 Å². The van der Waals surface area contributed by atoms with Crippen LogP contribution in [-0.4, -0.2) is 23.5 Å². The van der Waals surface area contributed by atoms with E-state index in [1.54, 1.807) is 0 Å². The number of nitrogens with zero attached hydrogens (tertiary/aromatic N) is 1. The zero-order valence-corrected chi connectivity index (χ0v) is 12.9. The summed E-state index contributed by atoms with van der Waals surface area (Å²) < 4.78 is 1.20. The van der Waals surface area contributed by atoms with Gasteiger partial charge in [0.2, 0.25) is 0 Å². The Morgan fingerprint density at radius 3 is 2.76 bits per heavy atom. The lowest BCUT2D eigenvalue weighted by Gasteiger charge is -2.35. The molecule has 1 aromatic rings. The van der Waals surface area contributed by atoms with Crippen molar-refractivity contribution in [2.45, 2.75) is 51.2 Å². The third kappa shape index (κ3) is 3.11. The summed E-state index contributed by atoms with van der Waals surface area (Å²) in [7, 11) is 0. The molecule has 0 spiro atoms. The molecule has 0 aromatic carbocycles. The summed E-state index contributed by atoms with van der Waals surface area (Å²) in [5, 5.41) is 0. The fourth-order valence-corrected chi connectivity index (χ4v) is 4.28. The fourth-order valence-electron chi connectivity index (χ4n) is 2.66. The molecule has 0 aliphatic carbocycles. The van der Waals surface area contributed by atoms with Crippen molar-refractivity contribution < 1.29 is 0 Å². The van der Waals surface area contributed by atoms with Crippen LogP contribution in [0.1, 0.15) is 44.0 Å². The Bertz CT molecular complexity index is 364. The highest BCUT2D eigenvalue weighted by atomic mass is 79.9. The van der Waals surface area contributed by atoms with Gasteiger partial charge in [0.15, 0.2) is 0 Å². The van der Waals surface area contributed by atoms with Crippen LogP contribution in [0.5, 0.6) is 0 Å². The van der Waals surface area contributed by atoms with Crippen molar-refractivity contribution in [1.29, 1.82) is 0 Å². The molecule has 2 rings (SSSR count). The third-order valence-corrected chi connectivity index (χ3v) is 5.21. The van der Waals surface area contributed by atoms with Gasteiger partial charge < -0.3 is 5.73 Å².